The van der Waals surface area contributed by atoms with E-state index in [1.807, 2.05) is 30.3 Å². The SMILES string of the molecule is COOc1cc(Cl)c(Cl)c(C(=O)N(C)CCCN(CC(N)=O)C(=O)c2c(Cl)c(Cl)cc(OC(=O)OC)c2OC(=O)ON2C(=O)CC(OCCc3ccccc3)SC(C)(C)C2C(=O)O)c1OOC. The van der Waals surface area contributed by atoms with Crippen molar-refractivity contribution in [2.75, 3.05) is 54.6 Å². The molecule has 4 rings (SSSR count). The van der Waals surface area contributed by atoms with Gasteiger partial charge in [0.2, 0.25) is 17.4 Å². The fourth-order valence-electron chi connectivity index (χ4n) is 6.40. The molecule has 1 fully saturated rings. The number of ether oxygens (including phenoxy) is 4. The van der Waals surface area contributed by atoms with Crippen molar-refractivity contribution in [3.8, 4) is 23.0 Å². The van der Waals surface area contributed by atoms with Crippen LogP contribution < -0.4 is 25.0 Å². The minimum atomic E-state index is -1.83. The molecule has 1 aliphatic heterocycles. The number of amides is 4. The zero-order valence-electron chi connectivity index (χ0n) is 36.5. The van der Waals surface area contributed by atoms with Gasteiger partial charge in [0, 0.05) is 37.0 Å². The molecule has 67 heavy (non-hydrogen) atoms. The number of halogens is 4. The van der Waals surface area contributed by atoms with Crippen LogP contribution in [0.2, 0.25) is 20.1 Å². The molecule has 0 bridgehead atoms. The maximum atomic E-state index is 14.5. The largest absolute Gasteiger partial charge is 0.539 e. The molecular formula is C41H44Cl4N4O17S. The lowest BCUT2D eigenvalue weighted by Crippen LogP contribution is -2.54. The number of carboxylic acid groups (broad SMARTS) is 1. The van der Waals surface area contributed by atoms with Crippen molar-refractivity contribution in [2.24, 2.45) is 5.73 Å². The Hall–Kier alpha value is -5.46. The minimum absolute atomic E-state index is 0.0956. The number of hydrogen-bond donors (Lipinski definition) is 2. The van der Waals surface area contributed by atoms with Crippen LogP contribution in [0.5, 0.6) is 23.0 Å². The van der Waals surface area contributed by atoms with Crippen molar-refractivity contribution in [3.63, 3.8) is 0 Å². The summed E-state index contributed by atoms with van der Waals surface area (Å²) in [5.41, 5.74) is 4.50. The first-order valence-electron chi connectivity index (χ1n) is 19.5. The molecule has 0 aromatic heterocycles. The molecule has 364 valence electrons. The van der Waals surface area contributed by atoms with Gasteiger partial charge in [-0.1, -0.05) is 76.7 Å². The van der Waals surface area contributed by atoms with Crippen LogP contribution in [0.3, 0.4) is 0 Å². The summed E-state index contributed by atoms with van der Waals surface area (Å²) in [5, 5.41) is 9.26. The highest BCUT2D eigenvalue weighted by molar-refractivity contribution is 8.01. The highest BCUT2D eigenvalue weighted by Gasteiger charge is 2.50. The summed E-state index contributed by atoms with van der Waals surface area (Å²) in [5.74, 6) is -7.73. The van der Waals surface area contributed by atoms with Gasteiger partial charge in [-0.2, -0.15) is 14.8 Å². The normalized spacial score (nSPS) is 15.4. The van der Waals surface area contributed by atoms with E-state index < -0.39 is 98.2 Å². The van der Waals surface area contributed by atoms with Gasteiger partial charge in [0.1, 0.15) is 16.6 Å². The number of nitrogens with two attached hydrogens (primary N) is 1. The predicted molar refractivity (Wildman–Crippen MR) is 239 cm³/mol. The van der Waals surface area contributed by atoms with Crippen LogP contribution in [0.15, 0.2) is 42.5 Å². The highest BCUT2D eigenvalue weighted by Crippen LogP contribution is 2.45. The molecule has 1 aliphatic rings. The topological polar surface area (TPSA) is 259 Å². The summed E-state index contributed by atoms with van der Waals surface area (Å²) in [7, 11) is 4.63. The number of hydrogen-bond acceptors (Lipinski definition) is 17. The number of rotatable bonds is 20. The Balaban J connectivity index is 1.65. The van der Waals surface area contributed by atoms with E-state index >= 15 is 0 Å². The number of nitrogens with zero attached hydrogens (tertiary/aromatic N) is 3. The van der Waals surface area contributed by atoms with E-state index in [1.54, 1.807) is 0 Å². The first-order valence-corrected chi connectivity index (χ1v) is 21.9. The monoisotopic (exact) mass is 1040 g/mol. The van der Waals surface area contributed by atoms with E-state index in [4.69, 9.17) is 90.7 Å². The predicted octanol–water partition coefficient (Wildman–Crippen LogP) is 6.63. The lowest BCUT2D eigenvalue weighted by atomic mass is 10.0. The minimum Gasteiger partial charge on any atom is -0.480 e. The molecule has 2 unspecified atom stereocenters. The molecule has 3 aromatic rings. The molecule has 4 amide bonds. The second-order valence-corrected chi connectivity index (χ2v) is 17.8. The number of carbonyl (C=O) groups is 7. The Labute approximate surface area is 407 Å². The summed E-state index contributed by atoms with van der Waals surface area (Å²) in [4.78, 5) is 120. The van der Waals surface area contributed by atoms with Gasteiger partial charge in [-0.3, -0.25) is 19.2 Å². The van der Waals surface area contributed by atoms with Crippen molar-refractivity contribution in [3.05, 3.63) is 79.2 Å². The number of thioether (sulfide) groups is 1. The van der Waals surface area contributed by atoms with Crippen LogP contribution in [-0.4, -0.2) is 133 Å². The van der Waals surface area contributed by atoms with Crippen molar-refractivity contribution in [1.82, 2.24) is 14.9 Å². The quantitative estimate of drug-likeness (QED) is 0.0521. The first-order chi connectivity index (χ1) is 31.6. The van der Waals surface area contributed by atoms with E-state index in [-0.39, 0.29) is 53.2 Å². The number of hydroxylamine groups is 2. The van der Waals surface area contributed by atoms with Crippen molar-refractivity contribution >= 4 is 100 Å². The van der Waals surface area contributed by atoms with Crippen LogP contribution in [0.25, 0.3) is 0 Å². The molecule has 0 aliphatic carbocycles. The molecule has 1 heterocycles. The van der Waals surface area contributed by atoms with E-state index in [9.17, 15) is 38.7 Å². The summed E-state index contributed by atoms with van der Waals surface area (Å²) in [6.45, 7) is 1.83. The van der Waals surface area contributed by atoms with Gasteiger partial charge in [0.25, 0.3) is 17.7 Å². The smallest absolute Gasteiger partial charge is 0.480 e. The molecule has 3 N–H and O–H groups in total. The number of methoxy groups -OCH3 is 1. The van der Waals surface area contributed by atoms with Crippen molar-refractivity contribution < 1.29 is 82.0 Å². The fraction of sp³-hybridized carbons (Fsp3) is 0.390. The Morgan fingerprint density at radius 1 is 0.851 bits per heavy atom. The van der Waals surface area contributed by atoms with Crippen molar-refractivity contribution in [1.29, 1.82) is 0 Å². The Bertz CT molecular complexity index is 2350. The number of carbonyl (C=O) groups excluding carboxylic acids is 6. The van der Waals surface area contributed by atoms with Crippen LogP contribution >= 0.6 is 58.2 Å². The van der Waals surface area contributed by atoms with Crippen LogP contribution in [-0.2, 0) is 44.9 Å². The first kappa shape index (κ1) is 54.1. The molecule has 3 aromatic carbocycles. The van der Waals surface area contributed by atoms with Crippen LogP contribution in [0.1, 0.15) is 53.0 Å². The zero-order chi connectivity index (χ0) is 49.7. The Kier molecular flexibility index (Phi) is 19.8. The van der Waals surface area contributed by atoms with Gasteiger partial charge in [-0.25, -0.2) is 14.4 Å². The molecular weight excluding hydrogens is 994 g/mol. The molecule has 21 nitrogen and oxygen atoms in total. The Morgan fingerprint density at radius 3 is 2.04 bits per heavy atom. The summed E-state index contributed by atoms with van der Waals surface area (Å²) in [6.07, 6.45) is -3.28. The van der Waals surface area contributed by atoms with Crippen LogP contribution in [0, 0.1) is 0 Å². The van der Waals surface area contributed by atoms with Gasteiger partial charge < -0.3 is 54.2 Å². The van der Waals surface area contributed by atoms with Gasteiger partial charge in [0.15, 0.2) is 17.5 Å². The fourth-order valence-corrected chi connectivity index (χ4v) is 8.63. The second kappa shape index (κ2) is 24.5. The molecule has 2 atom stereocenters. The summed E-state index contributed by atoms with van der Waals surface area (Å²) in [6, 6.07) is 9.60. The third-order valence-corrected chi connectivity index (χ3v) is 12.3. The lowest BCUT2D eigenvalue weighted by molar-refractivity contribution is -0.201. The molecule has 0 saturated carbocycles. The number of primary amides is 1. The average Bonchev–Trinajstić information content (AvgIpc) is 3.35. The van der Waals surface area contributed by atoms with Gasteiger partial charge >= 0.3 is 18.3 Å². The van der Waals surface area contributed by atoms with E-state index in [0.29, 0.717) is 11.5 Å². The van der Waals surface area contributed by atoms with Gasteiger partial charge in [-0.15, -0.1) is 11.8 Å². The standard InChI is InChI=1S/C41H44Cl4N4O17S/c1-41(2)35(38(54)55)49(27(51)19-28(67-41)61-16-13-21-11-8-7-9-12-21)64-40(57)63-33-24(62-39(56)58-4)17-22(42)31(44)29(33)37(53)48(20-26(46)50)15-10-14-47(3)36(52)30-32(45)23(43)18-25(65-59-5)34(30)66-60-6/h7-9,11-12,17-18,28,35H,10,13-16,19-20H2,1-6H3,(H2,46,50)(H,54,55). The van der Waals surface area contributed by atoms with Gasteiger partial charge in [0.05, 0.1) is 61.0 Å². The Morgan fingerprint density at radius 2 is 1.46 bits per heavy atom. The third-order valence-electron chi connectivity index (χ3n) is 9.35. The molecule has 0 spiro atoms. The van der Waals surface area contributed by atoms with Gasteiger partial charge in [-0.05, 0) is 32.3 Å². The maximum Gasteiger partial charge on any atom is 0.539 e. The van der Waals surface area contributed by atoms with E-state index in [0.717, 1.165) is 47.4 Å². The molecule has 0 radical (unpaired) electrons. The number of aliphatic carboxylic acids is 1. The molecule has 26 heteroatoms. The third kappa shape index (κ3) is 14.0. The lowest BCUT2D eigenvalue weighted by Gasteiger charge is -2.34. The van der Waals surface area contributed by atoms with Crippen molar-refractivity contribution in [2.45, 2.75) is 49.3 Å². The average molecular weight is 1040 g/mol. The zero-order valence-corrected chi connectivity index (χ0v) is 40.3. The summed E-state index contributed by atoms with van der Waals surface area (Å²) >= 11 is 26.6. The second-order valence-electron chi connectivity index (χ2n) is 14.4. The maximum absolute atomic E-state index is 14.5. The molecule has 1 saturated heterocycles. The summed E-state index contributed by atoms with van der Waals surface area (Å²) < 4.78 is 19.7. The highest BCUT2D eigenvalue weighted by atomic mass is 35.5. The number of carboxylic acids is 1. The van der Waals surface area contributed by atoms with E-state index in [1.165, 1.54) is 34.1 Å². The van der Waals surface area contributed by atoms with E-state index in [2.05, 4.69) is 4.74 Å². The van der Waals surface area contributed by atoms with Crippen LogP contribution in [0.4, 0.5) is 9.59 Å². The number of benzene rings is 3.